The van der Waals surface area contributed by atoms with Gasteiger partial charge in [-0.05, 0) is 50.9 Å². The van der Waals surface area contributed by atoms with Crippen LogP contribution in [-0.2, 0) is 4.79 Å². The lowest BCUT2D eigenvalue weighted by atomic mass is 9.83. The van der Waals surface area contributed by atoms with Crippen LogP contribution in [0.1, 0.15) is 46.5 Å². The molecule has 0 aromatic carbocycles. The standard InChI is InChI=1S/C14H26N2O.ClH/c1-8(9(2)15)14(17)16-10(3)13-7-11-4-5-12(13)6-11;/h8-13H,4-7,15H2,1-3H3,(H,16,17);1H. The summed E-state index contributed by atoms with van der Waals surface area (Å²) < 4.78 is 0. The van der Waals surface area contributed by atoms with Crippen LogP contribution in [0.4, 0.5) is 0 Å². The first kappa shape index (κ1) is 15.8. The minimum atomic E-state index is -0.0870. The number of hydrogen-bond acceptors (Lipinski definition) is 2. The van der Waals surface area contributed by atoms with Crippen molar-refractivity contribution in [2.24, 2.45) is 29.4 Å². The Balaban J connectivity index is 0.00000162. The molecule has 6 atom stereocenters. The largest absolute Gasteiger partial charge is 0.353 e. The molecule has 3 nitrogen and oxygen atoms in total. The van der Waals surface area contributed by atoms with Crippen LogP contribution in [0, 0.1) is 23.7 Å². The molecule has 0 aliphatic heterocycles. The molecule has 0 aromatic heterocycles. The van der Waals surface area contributed by atoms with E-state index < -0.39 is 0 Å². The van der Waals surface area contributed by atoms with Gasteiger partial charge in [0, 0.05) is 18.0 Å². The van der Waals surface area contributed by atoms with E-state index in [-0.39, 0.29) is 30.3 Å². The molecule has 0 heterocycles. The fourth-order valence-electron chi connectivity index (χ4n) is 3.61. The van der Waals surface area contributed by atoms with Crippen molar-refractivity contribution in [1.82, 2.24) is 5.32 Å². The smallest absolute Gasteiger partial charge is 0.224 e. The molecule has 4 heteroatoms. The van der Waals surface area contributed by atoms with Crippen LogP contribution in [0.25, 0.3) is 0 Å². The van der Waals surface area contributed by atoms with Gasteiger partial charge in [0.25, 0.3) is 0 Å². The van der Waals surface area contributed by atoms with Gasteiger partial charge in [0.05, 0.1) is 0 Å². The zero-order valence-electron chi connectivity index (χ0n) is 11.7. The van der Waals surface area contributed by atoms with E-state index in [1.807, 2.05) is 13.8 Å². The van der Waals surface area contributed by atoms with Gasteiger partial charge in [0.15, 0.2) is 0 Å². The van der Waals surface area contributed by atoms with Crippen molar-refractivity contribution in [3.63, 3.8) is 0 Å². The van der Waals surface area contributed by atoms with E-state index in [1.54, 1.807) is 0 Å². The number of halogens is 1. The van der Waals surface area contributed by atoms with Gasteiger partial charge in [-0.3, -0.25) is 4.79 Å². The minimum absolute atomic E-state index is 0. The highest BCUT2D eigenvalue weighted by molar-refractivity contribution is 5.85. The number of carbonyl (C=O) groups is 1. The molecule has 0 spiro atoms. The number of hydrogen-bond donors (Lipinski definition) is 2. The second-order valence-electron chi connectivity index (χ2n) is 6.28. The maximum Gasteiger partial charge on any atom is 0.224 e. The normalized spacial score (nSPS) is 34.6. The number of carbonyl (C=O) groups excluding carboxylic acids is 1. The van der Waals surface area contributed by atoms with Crippen molar-refractivity contribution in [3.05, 3.63) is 0 Å². The number of nitrogens with one attached hydrogen (secondary N) is 1. The first-order valence-corrected chi connectivity index (χ1v) is 7.05. The van der Waals surface area contributed by atoms with Crippen molar-refractivity contribution in [2.45, 2.75) is 58.5 Å². The monoisotopic (exact) mass is 274 g/mol. The molecule has 1 amide bonds. The Morgan fingerprint density at radius 1 is 1.22 bits per heavy atom. The van der Waals surface area contributed by atoms with Gasteiger partial charge in [0.1, 0.15) is 0 Å². The highest BCUT2D eigenvalue weighted by Gasteiger charge is 2.42. The van der Waals surface area contributed by atoms with Crippen LogP contribution >= 0.6 is 12.4 Å². The van der Waals surface area contributed by atoms with E-state index in [9.17, 15) is 4.79 Å². The fraction of sp³-hybridized carbons (Fsp3) is 0.929. The second-order valence-corrected chi connectivity index (χ2v) is 6.28. The van der Waals surface area contributed by atoms with E-state index in [2.05, 4.69) is 12.2 Å². The van der Waals surface area contributed by atoms with E-state index in [0.717, 1.165) is 11.8 Å². The first-order chi connectivity index (χ1) is 7.99. The van der Waals surface area contributed by atoms with Gasteiger partial charge in [-0.1, -0.05) is 13.3 Å². The molecule has 106 valence electrons. The number of amides is 1. The highest BCUT2D eigenvalue weighted by atomic mass is 35.5. The molecule has 2 rings (SSSR count). The minimum Gasteiger partial charge on any atom is -0.353 e. The lowest BCUT2D eigenvalue weighted by Crippen LogP contribution is -2.45. The third kappa shape index (κ3) is 3.18. The van der Waals surface area contributed by atoms with E-state index in [0.29, 0.717) is 12.0 Å². The predicted molar refractivity (Wildman–Crippen MR) is 76.6 cm³/mol. The summed E-state index contributed by atoms with van der Waals surface area (Å²) >= 11 is 0. The van der Waals surface area contributed by atoms with Crippen molar-refractivity contribution in [1.29, 1.82) is 0 Å². The Labute approximate surface area is 117 Å². The Bertz CT molecular complexity index is 296. The summed E-state index contributed by atoms with van der Waals surface area (Å²) in [5, 5.41) is 3.17. The molecule has 0 radical (unpaired) electrons. The van der Waals surface area contributed by atoms with Crippen molar-refractivity contribution < 1.29 is 4.79 Å². The molecule has 2 aliphatic carbocycles. The Morgan fingerprint density at radius 2 is 1.89 bits per heavy atom. The lowest BCUT2D eigenvalue weighted by Gasteiger charge is -2.29. The lowest BCUT2D eigenvalue weighted by molar-refractivity contribution is -0.126. The molecule has 2 aliphatic rings. The zero-order valence-corrected chi connectivity index (χ0v) is 12.5. The Morgan fingerprint density at radius 3 is 2.33 bits per heavy atom. The van der Waals surface area contributed by atoms with Gasteiger partial charge in [-0.15, -0.1) is 12.4 Å². The first-order valence-electron chi connectivity index (χ1n) is 7.05. The van der Waals surface area contributed by atoms with Crippen LogP contribution in [0.15, 0.2) is 0 Å². The number of fused-ring (bicyclic) bond motifs is 2. The van der Waals surface area contributed by atoms with E-state index >= 15 is 0 Å². The van der Waals surface area contributed by atoms with E-state index in [1.165, 1.54) is 25.7 Å². The third-order valence-electron chi connectivity index (χ3n) is 5.01. The van der Waals surface area contributed by atoms with Crippen LogP contribution in [0.2, 0.25) is 0 Å². The Kier molecular flexibility index (Phi) is 5.47. The van der Waals surface area contributed by atoms with Crippen molar-refractivity contribution >= 4 is 18.3 Å². The maximum atomic E-state index is 12.0. The van der Waals surface area contributed by atoms with E-state index in [4.69, 9.17) is 5.73 Å². The van der Waals surface area contributed by atoms with Gasteiger partial charge < -0.3 is 11.1 Å². The molecular weight excluding hydrogens is 248 g/mol. The molecule has 3 N–H and O–H groups in total. The van der Waals surface area contributed by atoms with Crippen molar-refractivity contribution in [2.75, 3.05) is 0 Å². The van der Waals surface area contributed by atoms with Crippen LogP contribution < -0.4 is 11.1 Å². The van der Waals surface area contributed by atoms with Gasteiger partial charge in [0.2, 0.25) is 5.91 Å². The molecule has 0 aromatic rings. The zero-order chi connectivity index (χ0) is 12.6. The summed E-state index contributed by atoms with van der Waals surface area (Å²) in [7, 11) is 0. The molecule has 2 bridgehead atoms. The van der Waals surface area contributed by atoms with Gasteiger partial charge >= 0.3 is 0 Å². The maximum absolute atomic E-state index is 12.0. The summed E-state index contributed by atoms with van der Waals surface area (Å²) in [6.45, 7) is 5.97. The number of rotatable bonds is 4. The summed E-state index contributed by atoms with van der Waals surface area (Å²) in [6.07, 6.45) is 5.50. The van der Waals surface area contributed by atoms with Gasteiger partial charge in [-0.2, -0.15) is 0 Å². The van der Waals surface area contributed by atoms with Crippen LogP contribution in [0.3, 0.4) is 0 Å². The summed E-state index contributed by atoms with van der Waals surface area (Å²) in [5.41, 5.74) is 5.77. The summed E-state index contributed by atoms with van der Waals surface area (Å²) in [4.78, 5) is 12.0. The summed E-state index contributed by atoms with van der Waals surface area (Å²) in [6, 6.07) is 0.251. The molecular formula is C14H27ClN2O. The molecule has 6 unspecified atom stereocenters. The highest BCUT2D eigenvalue weighted by Crippen LogP contribution is 2.49. The fourth-order valence-corrected chi connectivity index (χ4v) is 3.61. The van der Waals surface area contributed by atoms with Gasteiger partial charge in [-0.25, -0.2) is 0 Å². The summed E-state index contributed by atoms with van der Waals surface area (Å²) in [5.74, 6) is 2.54. The SMILES string of the molecule is CC(N)C(C)C(=O)NC(C)C1CC2CCC1C2.Cl. The third-order valence-corrected chi connectivity index (χ3v) is 5.01. The Hall–Kier alpha value is -0.280. The topological polar surface area (TPSA) is 55.1 Å². The van der Waals surface area contributed by atoms with Crippen molar-refractivity contribution in [3.8, 4) is 0 Å². The molecule has 18 heavy (non-hydrogen) atoms. The number of nitrogens with two attached hydrogens (primary N) is 1. The second kappa shape index (κ2) is 6.25. The molecule has 2 fully saturated rings. The van der Waals surface area contributed by atoms with Crippen LogP contribution in [-0.4, -0.2) is 18.0 Å². The average molecular weight is 275 g/mol. The quantitative estimate of drug-likeness (QED) is 0.827. The predicted octanol–water partition coefficient (Wildman–Crippen LogP) is 2.33. The molecule has 2 saturated carbocycles. The van der Waals surface area contributed by atoms with Crippen LogP contribution in [0.5, 0.6) is 0 Å². The average Bonchev–Trinajstić information content (AvgIpc) is 2.89. The molecule has 0 saturated heterocycles.